The second-order valence-corrected chi connectivity index (χ2v) is 2.39. The average molecular weight is 167 g/mol. The van der Waals surface area contributed by atoms with E-state index in [4.69, 9.17) is 0 Å². The van der Waals surface area contributed by atoms with Crippen molar-refractivity contribution in [1.82, 2.24) is 9.78 Å². The highest BCUT2D eigenvalue weighted by atomic mass is 16.3. The molecule has 5 nitrogen and oxygen atoms in total. The maximum absolute atomic E-state index is 10.7. The quantitative estimate of drug-likeness (QED) is 0.614. The van der Waals surface area contributed by atoms with Crippen molar-refractivity contribution < 1.29 is 4.79 Å². The van der Waals surface area contributed by atoms with E-state index in [0.29, 0.717) is 0 Å². The number of hydrogen-bond donors (Lipinski definition) is 0. The van der Waals surface area contributed by atoms with Gasteiger partial charge in [0, 0.05) is 17.9 Å². The van der Waals surface area contributed by atoms with E-state index in [1.807, 2.05) is 6.92 Å². The summed E-state index contributed by atoms with van der Waals surface area (Å²) in [7, 11) is 1.72. The van der Waals surface area contributed by atoms with Gasteiger partial charge in [0.15, 0.2) is 5.69 Å². The predicted molar refractivity (Wildman–Crippen MR) is 42.7 cm³/mol. The minimum atomic E-state index is -0.815. The topological polar surface area (TPSA) is 64.3 Å². The number of nitroso groups, excluding NO2 is 1. The van der Waals surface area contributed by atoms with Crippen LogP contribution in [0.1, 0.15) is 23.1 Å². The normalized spacial score (nSPS) is 9.83. The largest absolute Gasteiger partial charge is 0.336 e. The van der Waals surface area contributed by atoms with Gasteiger partial charge >= 0.3 is 5.91 Å². The molecule has 1 heterocycles. The number of aromatic nitrogens is 2. The molecule has 0 aromatic carbocycles. The number of aryl methyl sites for hydroxylation is 2. The van der Waals surface area contributed by atoms with Crippen LogP contribution in [0.25, 0.3) is 0 Å². The lowest BCUT2D eigenvalue weighted by molar-refractivity contribution is 0.0995. The zero-order chi connectivity index (χ0) is 9.14. The van der Waals surface area contributed by atoms with Crippen molar-refractivity contribution in [2.75, 3.05) is 0 Å². The summed E-state index contributed by atoms with van der Waals surface area (Å²) in [5, 5.41) is 6.11. The summed E-state index contributed by atoms with van der Waals surface area (Å²) in [5.41, 5.74) is 1.02. The molecular weight excluding hydrogens is 158 g/mol. The molecule has 0 unspecified atom stereocenters. The van der Waals surface area contributed by atoms with Crippen LogP contribution in [0.15, 0.2) is 11.2 Å². The van der Waals surface area contributed by atoms with Gasteiger partial charge in [-0.15, -0.1) is 4.91 Å². The monoisotopic (exact) mass is 167 g/mol. The van der Waals surface area contributed by atoms with Crippen molar-refractivity contribution in [3.8, 4) is 0 Å². The predicted octanol–water partition coefficient (Wildman–Crippen LogP) is 0.889. The third-order valence-corrected chi connectivity index (χ3v) is 1.64. The molecule has 1 amide bonds. The summed E-state index contributed by atoms with van der Waals surface area (Å²) in [6.07, 6.45) is 0.773. The number of rotatable bonds is 2. The van der Waals surface area contributed by atoms with E-state index in [1.165, 1.54) is 0 Å². The van der Waals surface area contributed by atoms with Crippen LogP contribution in [-0.4, -0.2) is 15.7 Å². The molecule has 0 radical (unpaired) electrons. The Hall–Kier alpha value is -1.52. The van der Waals surface area contributed by atoms with E-state index in [2.05, 4.69) is 10.3 Å². The number of amides is 1. The molecule has 1 rings (SSSR count). The van der Waals surface area contributed by atoms with E-state index in [1.54, 1.807) is 17.8 Å². The Morgan fingerprint density at radius 2 is 2.42 bits per heavy atom. The van der Waals surface area contributed by atoms with Crippen molar-refractivity contribution in [1.29, 1.82) is 0 Å². The Bertz CT molecular complexity index is 316. The molecule has 0 aliphatic carbocycles. The molecule has 0 atom stereocenters. The molecule has 0 bridgehead atoms. The van der Waals surface area contributed by atoms with Crippen LogP contribution in [-0.2, 0) is 13.5 Å². The molecule has 5 heteroatoms. The molecule has 0 N–H and O–H groups in total. The summed E-state index contributed by atoms with van der Waals surface area (Å²) < 4.78 is 1.57. The third-order valence-electron chi connectivity index (χ3n) is 1.64. The van der Waals surface area contributed by atoms with Crippen LogP contribution in [0.4, 0.5) is 0 Å². The summed E-state index contributed by atoms with van der Waals surface area (Å²) >= 11 is 0. The summed E-state index contributed by atoms with van der Waals surface area (Å²) in [5.74, 6) is -0.815. The Morgan fingerprint density at radius 1 is 1.75 bits per heavy atom. The number of nitrogens with zero attached hydrogens (tertiary/aromatic N) is 3. The van der Waals surface area contributed by atoms with Crippen LogP contribution in [0.2, 0.25) is 0 Å². The second-order valence-electron chi connectivity index (χ2n) is 2.39. The number of carbonyl (C=O) groups is 1. The van der Waals surface area contributed by atoms with Crippen LogP contribution >= 0.6 is 0 Å². The molecular formula is C7H9N3O2. The summed E-state index contributed by atoms with van der Waals surface area (Å²) in [6, 6.07) is 1.57. The van der Waals surface area contributed by atoms with E-state index >= 15 is 0 Å². The minimum Gasteiger partial charge on any atom is -0.272 e. The van der Waals surface area contributed by atoms with Crippen molar-refractivity contribution in [3.63, 3.8) is 0 Å². The van der Waals surface area contributed by atoms with Gasteiger partial charge in [-0.25, -0.2) is 0 Å². The summed E-state index contributed by atoms with van der Waals surface area (Å²) in [6.45, 7) is 1.94. The van der Waals surface area contributed by atoms with Gasteiger partial charge < -0.3 is 0 Å². The highest BCUT2D eigenvalue weighted by Crippen LogP contribution is 2.04. The third kappa shape index (κ3) is 1.39. The van der Waals surface area contributed by atoms with E-state index in [9.17, 15) is 9.70 Å². The Kier molecular flexibility index (Phi) is 2.32. The van der Waals surface area contributed by atoms with Gasteiger partial charge in [-0.1, -0.05) is 6.92 Å². The van der Waals surface area contributed by atoms with E-state index < -0.39 is 5.91 Å². The van der Waals surface area contributed by atoms with Gasteiger partial charge in [-0.2, -0.15) is 5.10 Å². The first-order valence-corrected chi connectivity index (χ1v) is 3.59. The van der Waals surface area contributed by atoms with Gasteiger partial charge in [0.2, 0.25) is 0 Å². The van der Waals surface area contributed by atoms with Crippen molar-refractivity contribution in [2.45, 2.75) is 13.3 Å². The smallest absolute Gasteiger partial charge is 0.272 e. The van der Waals surface area contributed by atoms with Gasteiger partial charge in [-0.05, 0) is 12.5 Å². The molecule has 1 aromatic rings. The fourth-order valence-electron chi connectivity index (χ4n) is 0.988. The zero-order valence-electron chi connectivity index (χ0n) is 6.94. The van der Waals surface area contributed by atoms with Crippen LogP contribution in [0.5, 0.6) is 0 Å². The number of carbonyl (C=O) groups excluding carboxylic acids is 1. The lowest BCUT2D eigenvalue weighted by Gasteiger charge is -1.92. The number of hydrogen-bond acceptors (Lipinski definition) is 3. The maximum Gasteiger partial charge on any atom is 0.336 e. The van der Waals surface area contributed by atoms with Gasteiger partial charge in [0.05, 0.1) is 0 Å². The van der Waals surface area contributed by atoms with Gasteiger partial charge in [-0.3, -0.25) is 9.48 Å². The zero-order valence-corrected chi connectivity index (χ0v) is 6.94. The minimum absolute atomic E-state index is 0.115. The molecule has 0 aliphatic rings. The highest BCUT2D eigenvalue weighted by Gasteiger charge is 2.11. The molecule has 0 fully saturated rings. The van der Waals surface area contributed by atoms with Gasteiger partial charge in [0.1, 0.15) is 0 Å². The molecule has 0 aliphatic heterocycles. The highest BCUT2D eigenvalue weighted by molar-refractivity contribution is 5.92. The van der Waals surface area contributed by atoms with Crippen LogP contribution in [0.3, 0.4) is 0 Å². The van der Waals surface area contributed by atoms with E-state index in [-0.39, 0.29) is 5.69 Å². The molecule has 1 aromatic heterocycles. The first-order chi connectivity index (χ1) is 5.69. The Balaban J connectivity index is 3.04. The maximum atomic E-state index is 10.7. The molecule has 0 saturated carbocycles. The fourth-order valence-corrected chi connectivity index (χ4v) is 0.988. The molecule has 12 heavy (non-hydrogen) atoms. The van der Waals surface area contributed by atoms with Crippen molar-refractivity contribution >= 4 is 5.91 Å². The summed E-state index contributed by atoms with van der Waals surface area (Å²) in [4.78, 5) is 20.6. The van der Waals surface area contributed by atoms with Crippen molar-refractivity contribution in [3.05, 3.63) is 22.4 Å². The first kappa shape index (κ1) is 8.58. The lowest BCUT2D eigenvalue weighted by Crippen LogP contribution is -1.98. The SMILES string of the molecule is CCc1cc(C(=O)N=O)nn1C. The van der Waals surface area contributed by atoms with Gasteiger partial charge in [0.25, 0.3) is 0 Å². The van der Waals surface area contributed by atoms with Crippen LogP contribution < -0.4 is 0 Å². The molecule has 0 spiro atoms. The fraction of sp³-hybridized carbons (Fsp3) is 0.429. The molecule has 0 saturated heterocycles. The molecule has 64 valence electrons. The lowest BCUT2D eigenvalue weighted by atomic mass is 10.3. The van der Waals surface area contributed by atoms with Crippen LogP contribution in [0, 0.1) is 4.91 Å². The first-order valence-electron chi connectivity index (χ1n) is 3.59. The second kappa shape index (κ2) is 3.25. The van der Waals surface area contributed by atoms with Crippen molar-refractivity contribution in [2.24, 2.45) is 12.2 Å². The van der Waals surface area contributed by atoms with E-state index in [0.717, 1.165) is 12.1 Å². The standard InChI is InChI=1S/C7H9N3O2/c1-3-5-4-6(7(11)9-12)8-10(5)2/h4H,3H2,1-2H3. The Labute approximate surface area is 69.4 Å². The Morgan fingerprint density at radius 3 is 2.83 bits per heavy atom. The average Bonchev–Trinajstić information content (AvgIpc) is 2.45.